The Balaban J connectivity index is 2.02. The van der Waals surface area contributed by atoms with Crippen molar-refractivity contribution >= 4 is 11.4 Å². The number of hydrogen-bond acceptors (Lipinski definition) is 3. The zero-order valence-electron chi connectivity index (χ0n) is 10.1. The molecule has 100 valence electrons. The van der Waals surface area contributed by atoms with Crippen molar-refractivity contribution in [3.05, 3.63) is 23.8 Å². The first-order valence-electron chi connectivity index (χ1n) is 6.21. The lowest BCUT2D eigenvalue weighted by atomic mass is 9.97. The highest BCUT2D eigenvalue weighted by atomic mass is 19.1. The summed E-state index contributed by atoms with van der Waals surface area (Å²) < 4.78 is 26.3. The van der Waals surface area contributed by atoms with Crippen molar-refractivity contribution in [3.63, 3.8) is 0 Å². The van der Waals surface area contributed by atoms with Gasteiger partial charge in [-0.25, -0.2) is 8.78 Å². The summed E-state index contributed by atoms with van der Waals surface area (Å²) in [7, 11) is 0. The van der Waals surface area contributed by atoms with E-state index in [-0.39, 0.29) is 23.9 Å². The fraction of sp³-hybridized carbons (Fsp3) is 0.538. The lowest BCUT2D eigenvalue weighted by Gasteiger charge is -2.19. The number of halogens is 2. The van der Waals surface area contributed by atoms with Crippen LogP contribution < -0.4 is 11.1 Å². The summed E-state index contributed by atoms with van der Waals surface area (Å²) in [5.74, 6) is -0.783. The van der Waals surface area contributed by atoms with E-state index in [4.69, 9.17) is 5.73 Å². The van der Waals surface area contributed by atoms with Gasteiger partial charge in [0, 0.05) is 19.2 Å². The van der Waals surface area contributed by atoms with E-state index in [0.29, 0.717) is 12.5 Å². The Morgan fingerprint density at radius 3 is 2.72 bits per heavy atom. The molecule has 2 atom stereocenters. The highest BCUT2D eigenvalue weighted by Gasteiger charge is 2.26. The molecule has 0 amide bonds. The molecule has 0 bridgehead atoms. The van der Waals surface area contributed by atoms with Gasteiger partial charge in [-0.1, -0.05) is 6.42 Å². The van der Waals surface area contributed by atoms with Crippen molar-refractivity contribution in [3.8, 4) is 0 Å². The molecule has 0 aliphatic heterocycles. The van der Waals surface area contributed by atoms with Crippen LogP contribution in [-0.4, -0.2) is 18.3 Å². The van der Waals surface area contributed by atoms with Crippen molar-refractivity contribution in [1.29, 1.82) is 0 Å². The minimum atomic E-state index is -0.748. The molecule has 1 aliphatic rings. The van der Waals surface area contributed by atoms with E-state index in [9.17, 15) is 13.9 Å². The average molecular weight is 256 g/mol. The van der Waals surface area contributed by atoms with Crippen molar-refractivity contribution in [2.24, 2.45) is 11.8 Å². The monoisotopic (exact) mass is 256 g/mol. The summed E-state index contributed by atoms with van der Waals surface area (Å²) in [6.07, 6.45) is 3.12. The number of nitrogen functional groups attached to an aromatic ring is 1. The van der Waals surface area contributed by atoms with Gasteiger partial charge in [0.25, 0.3) is 0 Å². The van der Waals surface area contributed by atoms with Gasteiger partial charge in [0.1, 0.15) is 5.82 Å². The molecule has 0 aromatic heterocycles. The Morgan fingerprint density at radius 2 is 2.00 bits per heavy atom. The Morgan fingerprint density at radius 1 is 1.28 bits per heavy atom. The Kier molecular flexibility index (Phi) is 4.01. The summed E-state index contributed by atoms with van der Waals surface area (Å²) in [5.41, 5.74) is 5.78. The van der Waals surface area contributed by atoms with Crippen molar-refractivity contribution in [2.75, 3.05) is 24.2 Å². The second kappa shape index (κ2) is 5.52. The number of aliphatic hydroxyl groups is 1. The van der Waals surface area contributed by atoms with Crippen LogP contribution in [0.25, 0.3) is 0 Å². The summed E-state index contributed by atoms with van der Waals surface area (Å²) in [6, 6.07) is 1.97. The van der Waals surface area contributed by atoms with Gasteiger partial charge in [0.05, 0.1) is 11.4 Å². The van der Waals surface area contributed by atoms with Gasteiger partial charge in [-0.3, -0.25) is 0 Å². The first-order valence-corrected chi connectivity index (χ1v) is 6.21. The van der Waals surface area contributed by atoms with Crippen LogP contribution in [0.2, 0.25) is 0 Å². The number of anilines is 2. The van der Waals surface area contributed by atoms with Gasteiger partial charge < -0.3 is 16.2 Å². The molecule has 0 saturated heterocycles. The van der Waals surface area contributed by atoms with Gasteiger partial charge in [0.2, 0.25) is 0 Å². The Hall–Kier alpha value is -1.36. The molecule has 4 N–H and O–H groups in total. The van der Waals surface area contributed by atoms with E-state index in [0.717, 1.165) is 25.3 Å². The third-order valence-electron chi connectivity index (χ3n) is 3.70. The van der Waals surface area contributed by atoms with E-state index < -0.39 is 11.6 Å². The minimum Gasteiger partial charge on any atom is -0.396 e. The highest BCUT2D eigenvalue weighted by Crippen LogP contribution is 2.32. The van der Waals surface area contributed by atoms with Crippen LogP contribution in [-0.2, 0) is 0 Å². The maximum Gasteiger partial charge on any atom is 0.151 e. The molecule has 0 heterocycles. The quantitative estimate of drug-likeness (QED) is 0.725. The van der Waals surface area contributed by atoms with Gasteiger partial charge >= 0.3 is 0 Å². The summed E-state index contributed by atoms with van der Waals surface area (Å²) >= 11 is 0. The van der Waals surface area contributed by atoms with Crippen molar-refractivity contribution in [1.82, 2.24) is 0 Å². The minimum absolute atomic E-state index is 0.0602. The molecular weight excluding hydrogens is 238 g/mol. The molecular formula is C13H18F2N2O. The zero-order valence-corrected chi connectivity index (χ0v) is 10.1. The van der Waals surface area contributed by atoms with E-state index in [1.165, 1.54) is 6.07 Å². The van der Waals surface area contributed by atoms with Crippen LogP contribution >= 0.6 is 0 Å². The molecule has 1 saturated carbocycles. The fourth-order valence-electron chi connectivity index (χ4n) is 2.59. The van der Waals surface area contributed by atoms with Gasteiger partial charge in [0.15, 0.2) is 5.82 Å². The van der Waals surface area contributed by atoms with E-state index >= 15 is 0 Å². The number of nitrogens with one attached hydrogen (secondary N) is 1. The zero-order chi connectivity index (χ0) is 13.1. The van der Waals surface area contributed by atoms with Crippen LogP contribution in [0.3, 0.4) is 0 Å². The Labute approximate surface area is 105 Å². The normalized spacial score (nSPS) is 23.3. The number of benzene rings is 1. The number of nitrogens with two attached hydrogens (primary N) is 1. The second-order valence-electron chi connectivity index (χ2n) is 4.86. The van der Waals surface area contributed by atoms with Crippen LogP contribution in [0.4, 0.5) is 20.2 Å². The molecule has 0 radical (unpaired) electrons. The maximum atomic E-state index is 13.2. The molecule has 2 rings (SSSR count). The van der Waals surface area contributed by atoms with Crippen LogP contribution in [0.1, 0.15) is 19.3 Å². The number of hydrogen-bond donors (Lipinski definition) is 3. The second-order valence-corrected chi connectivity index (χ2v) is 4.86. The molecule has 1 aromatic rings. The molecule has 0 spiro atoms. The van der Waals surface area contributed by atoms with Crippen LogP contribution in [0.5, 0.6) is 0 Å². The molecule has 1 fully saturated rings. The Bertz CT molecular complexity index is 426. The van der Waals surface area contributed by atoms with Crippen LogP contribution in [0.15, 0.2) is 12.1 Å². The smallest absolute Gasteiger partial charge is 0.151 e. The fourth-order valence-corrected chi connectivity index (χ4v) is 2.59. The molecule has 2 unspecified atom stereocenters. The summed E-state index contributed by atoms with van der Waals surface area (Å²) in [4.78, 5) is 0. The van der Waals surface area contributed by atoms with Crippen molar-refractivity contribution < 1.29 is 13.9 Å². The summed E-state index contributed by atoms with van der Waals surface area (Å²) in [6.45, 7) is 0.748. The molecule has 18 heavy (non-hydrogen) atoms. The molecule has 1 aliphatic carbocycles. The maximum absolute atomic E-state index is 13.2. The van der Waals surface area contributed by atoms with Gasteiger partial charge in [-0.05, 0) is 30.7 Å². The topological polar surface area (TPSA) is 58.3 Å². The number of aliphatic hydroxyl groups excluding tert-OH is 1. The lowest BCUT2D eigenvalue weighted by molar-refractivity contribution is 0.199. The predicted molar refractivity (Wildman–Crippen MR) is 67.2 cm³/mol. The van der Waals surface area contributed by atoms with E-state index in [1.807, 2.05) is 0 Å². The molecule has 3 nitrogen and oxygen atoms in total. The average Bonchev–Trinajstić information content (AvgIpc) is 2.79. The summed E-state index contributed by atoms with van der Waals surface area (Å²) in [5, 5.41) is 12.2. The van der Waals surface area contributed by atoms with E-state index in [1.54, 1.807) is 0 Å². The number of rotatable bonds is 4. The molecule has 1 aromatic carbocycles. The third-order valence-corrected chi connectivity index (χ3v) is 3.70. The van der Waals surface area contributed by atoms with Gasteiger partial charge in [-0.2, -0.15) is 0 Å². The highest BCUT2D eigenvalue weighted by molar-refractivity contribution is 5.66. The van der Waals surface area contributed by atoms with E-state index in [2.05, 4.69) is 5.32 Å². The SMILES string of the molecule is Nc1c(F)cc(F)cc1NCC1CCCC1CO. The van der Waals surface area contributed by atoms with Gasteiger partial charge in [-0.15, -0.1) is 0 Å². The molecule has 5 heteroatoms. The lowest BCUT2D eigenvalue weighted by Crippen LogP contribution is -2.21. The van der Waals surface area contributed by atoms with Crippen molar-refractivity contribution in [2.45, 2.75) is 19.3 Å². The largest absolute Gasteiger partial charge is 0.396 e. The first kappa shape index (κ1) is 13.1. The predicted octanol–water partition coefficient (Wildman–Crippen LogP) is 2.37. The first-order chi connectivity index (χ1) is 8.61. The third kappa shape index (κ3) is 2.72. The standard InChI is InChI=1S/C13H18F2N2O/c14-10-4-11(15)13(16)12(5-10)17-6-8-2-1-3-9(8)7-18/h4-5,8-9,17-18H,1-3,6-7,16H2. The van der Waals surface area contributed by atoms with Crippen LogP contribution in [0, 0.1) is 23.5 Å².